The maximum absolute atomic E-state index is 5.60. The summed E-state index contributed by atoms with van der Waals surface area (Å²) < 4.78 is 1.99. The summed E-state index contributed by atoms with van der Waals surface area (Å²) in [5.41, 5.74) is 8.09. The lowest BCUT2D eigenvalue weighted by atomic mass is 10.0. The number of nitrogens with zero attached hydrogens (tertiary/aromatic N) is 3. The molecule has 1 aliphatic rings. The van der Waals surface area contributed by atoms with Gasteiger partial charge in [-0.1, -0.05) is 6.92 Å². The predicted molar refractivity (Wildman–Crippen MR) is 60.4 cm³/mol. The van der Waals surface area contributed by atoms with Crippen molar-refractivity contribution in [3.05, 3.63) is 17.5 Å². The van der Waals surface area contributed by atoms with E-state index in [9.17, 15) is 0 Å². The highest BCUT2D eigenvalue weighted by atomic mass is 15.3. The minimum absolute atomic E-state index is 0.712. The van der Waals surface area contributed by atoms with Gasteiger partial charge in [0, 0.05) is 26.7 Å². The third-order valence-electron chi connectivity index (χ3n) is 3.14. The van der Waals surface area contributed by atoms with Crippen LogP contribution in [-0.4, -0.2) is 34.3 Å². The summed E-state index contributed by atoms with van der Waals surface area (Å²) in [5, 5.41) is 4.45. The summed E-state index contributed by atoms with van der Waals surface area (Å²) in [7, 11) is 2.02. The molecule has 1 aliphatic heterocycles. The zero-order valence-corrected chi connectivity index (χ0v) is 9.61. The molecule has 15 heavy (non-hydrogen) atoms. The number of aromatic nitrogens is 2. The first-order valence-corrected chi connectivity index (χ1v) is 5.67. The Morgan fingerprint density at radius 1 is 1.53 bits per heavy atom. The van der Waals surface area contributed by atoms with E-state index < -0.39 is 0 Å². The summed E-state index contributed by atoms with van der Waals surface area (Å²) in [6.07, 6.45) is 1.01. The zero-order chi connectivity index (χ0) is 10.8. The van der Waals surface area contributed by atoms with Gasteiger partial charge in [-0.25, -0.2) is 0 Å². The Morgan fingerprint density at radius 2 is 2.27 bits per heavy atom. The van der Waals surface area contributed by atoms with Crippen molar-refractivity contribution in [2.75, 3.05) is 19.6 Å². The van der Waals surface area contributed by atoms with E-state index in [-0.39, 0.29) is 0 Å². The smallest absolute Gasteiger partial charge is 0.0625 e. The first kappa shape index (κ1) is 10.6. The number of aryl methyl sites for hydroxylation is 2. The normalized spacial score (nSPS) is 18.1. The van der Waals surface area contributed by atoms with Crippen LogP contribution in [0.3, 0.4) is 0 Å². The number of likely N-dealkylation sites (tertiary alicyclic amines) is 1. The van der Waals surface area contributed by atoms with Crippen LogP contribution >= 0.6 is 0 Å². The van der Waals surface area contributed by atoms with Crippen LogP contribution in [0.25, 0.3) is 0 Å². The molecule has 0 radical (unpaired) electrons. The molecule has 0 amide bonds. The van der Waals surface area contributed by atoms with Crippen LogP contribution in [0.1, 0.15) is 18.3 Å². The first-order valence-electron chi connectivity index (χ1n) is 5.67. The predicted octanol–water partition coefficient (Wildman–Crippen LogP) is 0.373. The van der Waals surface area contributed by atoms with Crippen LogP contribution in [0.2, 0.25) is 0 Å². The van der Waals surface area contributed by atoms with Gasteiger partial charge in [0.05, 0.1) is 11.4 Å². The Kier molecular flexibility index (Phi) is 3.07. The van der Waals surface area contributed by atoms with E-state index in [1.54, 1.807) is 0 Å². The van der Waals surface area contributed by atoms with Gasteiger partial charge in [-0.2, -0.15) is 5.10 Å². The average Bonchev–Trinajstić information content (AvgIpc) is 2.52. The third-order valence-corrected chi connectivity index (χ3v) is 3.14. The second-order valence-corrected chi connectivity index (χ2v) is 4.40. The minimum Gasteiger partial charge on any atom is -0.330 e. The second-order valence-electron chi connectivity index (χ2n) is 4.40. The lowest BCUT2D eigenvalue weighted by Crippen LogP contribution is -2.49. The van der Waals surface area contributed by atoms with Crippen molar-refractivity contribution in [2.24, 2.45) is 18.7 Å². The fourth-order valence-corrected chi connectivity index (χ4v) is 2.08. The van der Waals surface area contributed by atoms with E-state index in [2.05, 4.69) is 23.0 Å². The van der Waals surface area contributed by atoms with Gasteiger partial charge in [0.25, 0.3) is 0 Å². The monoisotopic (exact) mass is 208 g/mol. The van der Waals surface area contributed by atoms with Crippen LogP contribution in [0.4, 0.5) is 0 Å². The molecule has 4 nitrogen and oxygen atoms in total. The quantitative estimate of drug-likeness (QED) is 0.778. The largest absolute Gasteiger partial charge is 0.330 e. The SMILES string of the molecule is CCc1cc(CN2CC(CN)C2)n(C)n1. The van der Waals surface area contributed by atoms with Crippen LogP contribution in [0.5, 0.6) is 0 Å². The standard InChI is InChI=1S/C11H20N4/c1-3-10-4-11(14(2)13-10)8-15-6-9(5-12)7-15/h4,9H,3,5-8,12H2,1-2H3. The van der Waals surface area contributed by atoms with E-state index >= 15 is 0 Å². The molecular weight excluding hydrogens is 188 g/mol. The molecule has 0 aromatic carbocycles. The molecule has 0 unspecified atom stereocenters. The molecule has 0 atom stereocenters. The van der Waals surface area contributed by atoms with Gasteiger partial charge in [0.15, 0.2) is 0 Å². The summed E-state index contributed by atoms with van der Waals surface area (Å²) in [6, 6.07) is 2.20. The highest BCUT2D eigenvalue weighted by Gasteiger charge is 2.25. The number of nitrogens with two attached hydrogens (primary N) is 1. The number of hydrogen-bond acceptors (Lipinski definition) is 3. The molecule has 2 rings (SSSR count). The van der Waals surface area contributed by atoms with Crippen molar-refractivity contribution in [2.45, 2.75) is 19.9 Å². The maximum Gasteiger partial charge on any atom is 0.0625 e. The fraction of sp³-hybridized carbons (Fsp3) is 0.727. The molecule has 0 bridgehead atoms. The van der Waals surface area contributed by atoms with Crippen molar-refractivity contribution in [3.63, 3.8) is 0 Å². The van der Waals surface area contributed by atoms with Crippen molar-refractivity contribution in [1.29, 1.82) is 0 Å². The van der Waals surface area contributed by atoms with Gasteiger partial charge >= 0.3 is 0 Å². The van der Waals surface area contributed by atoms with E-state index in [1.165, 1.54) is 11.4 Å². The van der Waals surface area contributed by atoms with E-state index in [4.69, 9.17) is 5.73 Å². The molecule has 2 N–H and O–H groups in total. The topological polar surface area (TPSA) is 47.1 Å². The third kappa shape index (κ3) is 2.21. The van der Waals surface area contributed by atoms with Gasteiger partial charge in [0.2, 0.25) is 0 Å². The maximum atomic E-state index is 5.60. The van der Waals surface area contributed by atoms with Gasteiger partial charge in [-0.15, -0.1) is 0 Å². The molecule has 0 spiro atoms. The Morgan fingerprint density at radius 3 is 2.80 bits per heavy atom. The molecule has 2 heterocycles. The molecule has 0 saturated carbocycles. The Bertz CT molecular complexity index is 325. The Balaban J connectivity index is 1.91. The van der Waals surface area contributed by atoms with Gasteiger partial charge in [-0.3, -0.25) is 9.58 Å². The lowest BCUT2D eigenvalue weighted by Gasteiger charge is -2.38. The molecule has 1 saturated heterocycles. The number of rotatable bonds is 4. The van der Waals surface area contributed by atoms with Gasteiger partial charge in [0.1, 0.15) is 0 Å². The van der Waals surface area contributed by atoms with Crippen LogP contribution in [0.15, 0.2) is 6.07 Å². The van der Waals surface area contributed by atoms with Crippen LogP contribution in [0, 0.1) is 5.92 Å². The lowest BCUT2D eigenvalue weighted by molar-refractivity contribution is 0.0951. The Labute approximate surface area is 91.1 Å². The summed E-state index contributed by atoms with van der Waals surface area (Å²) in [6.45, 7) is 6.26. The summed E-state index contributed by atoms with van der Waals surface area (Å²) >= 11 is 0. The molecule has 1 aromatic rings. The Hall–Kier alpha value is -0.870. The highest BCUT2D eigenvalue weighted by molar-refractivity contribution is 5.10. The second kappa shape index (κ2) is 4.33. The first-order chi connectivity index (χ1) is 7.22. The van der Waals surface area contributed by atoms with Gasteiger partial charge < -0.3 is 5.73 Å². The van der Waals surface area contributed by atoms with E-state index in [0.717, 1.165) is 32.6 Å². The molecule has 1 aromatic heterocycles. The molecule has 1 fully saturated rings. The average molecular weight is 208 g/mol. The summed E-state index contributed by atoms with van der Waals surface area (Å²) in [4.78, 5) is 2.42. The summed E-state index contributed by atoms with van der Waals surface area (Å²) in [5.74, 6) is 0.712. The minimum atomic E-state index is 0.712. The van der Waals surface area contributed by atoms with Crippen molar-refractivity contribution in [1.82, 2.24) is 14.7 Å². The van der Waals surface area contributed by atoms with Crippen LogP contribution in [-0.2, 0) is 20.0 Å². The van der Waals surface area contributed by atoms with Crippen molar-refractivity contribution >= 4 is 0 Å². The highest BCUT2D eigenvalue weighted by Crippen LogP contribution is 2.17. The molecule has 84 valence electrons. The van der Waals surface area contributed by atoms with Crippen molar-refractivity contribution in [3.8, 4) is 0 Å². The van der Waals surface area contributed by atoms with Gasteiger partial charge in [-0.05, 0) is 24.9 Å². The molecule has 0 aliphatic carbocycles. The zero-order valence-electron chi connectivity index (χ0n) is 9.61. The molecular formula is C11H20N4. The number of hydrogen-bond donors (Lipinski definition) is 1. The molecule has 4 heteroatoms. The fourth-order valence-electron chi connectivity index (χ4n) is 2.08. The van der Waals surface area contributed by atoms with E-state index in [1.807, 2.05) is 11.7 Å². The van der Waals surface area contributed by atoms with E-state index in [0.29, 0.717) is 5.92 Å². The van der Waals surface area contributed by atoms with Crippen molar-refractivity contribution < 1.29 is 0 Å². The van der Waals surface area contributed by atoms with Crippen LogP contribution < -0.4 is 5.73 Å².